The van der Waals surface area contributed by atoms with Crippen LogP contribution in [0.2, 0.25) is 0 Å². The van der Waals surface area contributed by atoms with Crippen molar-refractivity contribution < 1.29 is 4.79 Å². The largest absolute Gasteiger partial charge is 0.325 e. The maximum atomic E-state index is 12.2. The number of para-hydroxylation sites is 1. The van der Waals surface area contributed by atoms with Crippen molar-refractivity contribution in [3.63, 3.8) is 0 Å². The maximum absolute atomic E-state index is 12.2. The molecule has 1 aromatic rings. The van der Waals surface area contributed by atoms with Crippen molar-refractivity contribution in [2.24, 2.45) is 0 Å². The van der Waals surface area contributed by atoms with Crippen molar-refractivity contribution in [2.75, 3.05) is 11.9 Å². The molecule has 3 heteroatoms. The van der Waals surface area contributed by atoms with Crippen molar-refractivity contribution >= 4 is 11.6 Å². The van der Waals surface area contributed by atoms with Crippen LogP contribution in [-0.2, 0) is 4.79 Å². The second-order valence-corrected chi connectivity index (χ2v) is 4.84. The summed E-state index contributed by atoms with van der Waals surface area (Å²) < 4.78 is 0. The van der Waals surface area contributed by atoms with Gasteiger partial charge in [0.1, 0.15) is 0 Å². The lowest BCUT2D eigenvalue weighted by Gasteiger charge is -2.27. The lowest BCUT2D eigenvalue weighted by atomic mass is 10.2. The summed E-state index contributed by atoms with van der Waals surface area (Å²) in [6.07, 6.45) is 2.09. The van der Waals surface area contributed by atoms with Gasteiger partial charge in [-0.25, -0.2) is 0 Å². The number of amides is 1. The molecule has 17 heavy (non-hydrogen) atoms. The third kappa shape index (κ3) is 2.86. The van der Waals surface area contributed by atoms with Gasteiger partial charge in [0.25, 0.3) is 0 Å². The van der Waals surface area contributed by atoms with Gasteiger partial charge in [-0.15, -0.1) is 0 Å². The minimum Gasteiger partial charge on any atom is -0.325 e. The van der Waals surface area contributed by atoms with Crippen LogP contribution in [0.4, 0.5) is 5.69 Å². The standard InChI is InChI=1S/C14H20N2O/c1-11(2)16-10-6-9-13(16)14(17)15-12-7-4-3-5-8-12/h3-5,7-8,11,13H,6,9-10H2,1-2H3,(H,15,17). The molecule has 1 amide bonds. The highest BCUT2D eigenvalue weighted by Gasteiger charge is 2.31. The van der Waals surface area contributed by atoms with E-state index in [9.17, 15) is 4.79 Å². The summed E-state index contributed by atoms with van der Waals surface area (Å²) in [4.78, 5) is 14.5. The number of anilines is 1. The third-order valence-corrected chi connectivity index (χ3v) is 3.30. The van der Waals surface area contributed by atoms with Crippen molar-refractivity contribution in [2.45, 2.75) is 38.8 Å². The van der Waals surface area contributed by atoms with Gasteiger partial charge in [0.15, 0.2) is 0 Å². The number of hydrogen-bond donors (Lipinski definition) is 1. The number of carbonyl (C=O) groups is 1. The zero-order chi connectivity index (χ0) is 12.3. The molecule has 3 nitrogen and oxygen atoms in total. The van der Waals surface area contributed by atoms with Crippen LogP contribution in [0.15, 0.2) is 30.3 Å². The highest BCUT2D eigenvalue weighted by atomic mass is 16.2. The van der Waals surface area contributed by atoms with Gasteiger partial charge in [0.2, 0.25) is 5.91 Å². The topological polar surface area (TPSA) is 32.3 Å². The first-order valence-corrected chi connectivity index (χ1v) is 6.30. The van der Waals surface area contributed by atoms with Gasteiger partial charge < -0.3 is 5.32 Å². The molecule has 0 radical (unpaired) electrons. The summed E-state index contributed by atoms with van der Waals surface area (Å²) in [5.74, 6) is 0.127. The molecular formula is C14H20N2O. The molecule has 0 spiro atoms. The van der Waals surface area contributed by atoms with Gasteiger partial charge in [-0.2, -0.15) is 0 Å². The lowest BCUT2D eigenvalue weighted by molar-refractivity contribution is -0.120. The van der Waals surface area contributed by atoms with Gasteiger partial charge in [-0.1, -0.05) is 18.2 Å². The lowest BCUT2D eigenvalue weighted by Crippen LogP contribution is -2.43. The van der Waals surface area contributed by atoms with Crippen molar-refractivity contribution in [3.8, 4) is 0 Å². The summed E-state index contributed by atoms with van der Waals surface area (Å²) in [5.41, 5.74) is 0.883. The number of rotatable bonds is 3. The van der Waals surface area contributed by atoms with E-state index in [1.807, 2.05) is 30.3 Å². The summed E-state index contributed by atoms with van der Waals surface area (Å²) >= 11 is 0. The van der Waals surface area contributed by atoms with E-state index in [0.717, 1.165) is 25.1 Å². The molecule has 1 atom stereocenters. The SMILES string of the molecule is CC(C)N1CCCC1C(=O)Nc1ccccc1. The Kier molecular flexibility index (Phi) is 3.79. The van der Waals surface area contributed by atoms with E-state index in [4.69, 9.17) is 0 Å². The fraction of sp³-hybridized carbons (Fsp3) is 0.500. The van der Waals surface area contributed by atoms with Crippen LogP contribution in [-0.4, -0.2) is 29.4 Å². The summed E-state index contributed by atoms with van der Waals surface area (Å²) in [6.45, 7) is 5.33. The fourth-order valence-electron chi connectivity index (χ4n) is 2.44. The number of benzene rings is 1. The fourth-order valence-corrected chi connectivity index (χ4v) is 2.44. The minimum atomic E-state index is 0.0372. The first-order chi connectivity index (χ1) is 8.18. The Morgan fingerprint density at radius 2 is 2.06 bits per heavy atom. The molecule has 1 fully saturated rings. The predicted octanol–water partition coefficient (Wildman–Crippen LogP) is 2.50. The first-order valence-electron chi connectivity index (χ1n) is 6.30. The average Bonchev–Trinajstić information content (AvgIpc) is 2.79. The zero-order valence-electron chi connectivity index (χ0n) is 10.5. The smallest absolute Gasteiger partial charge is 0.241 e. The number of likely N-dealkylation sites (tertiary alicyclic amines) is 1. The molecule has 0 aromatic heterocycles. The average molecular weight is 232 g/mol. The molecule has 1 aliphatic rings. The Hall–Kier alpha value is -1.35. The summed E-state index contributed by atoms with van der Waals surface area (Å²) in [5, 5.41) is 2.99. The Labute approximate surface area is 103 Å². The molecule has 0 saturated carbocycles. The van der Waals surface area contributed by atoms with Crippen LogP contribution in [0.5, 0.6) is 0 Å². The minimum absolute atomic E-state index is 0.0372. The van der Waals surface area contributed by atoms with Crippen LogP contribution < -0.4 is 5.32 Å². The van der Waals surface area contributed by atoms with Gasteiger partial charge in [-0.05, 0) is 45.4 Å². The predicted molar refractivity (Wildman–Crippen MR) is 69.9 cm³/mol. The molecule has 2 rings (SSSR count). The van der Waals surface area contributed by atoms with E-state index in [2.05, 4.69) is 24.1 Å². The maximum Gasteiger partial charge on any atom is 0.241 e. The Morgan fingerprint density at radius 1 is 1.35 bits per heavy atom. The van der Waals surface area contributed by atoms with Gasteiger partial charge in [0.05, 0.1) is 6.04 Å². The third-order valence-electron chi connectivity index (χ3n) is 3.30. The molecule has 1 unspecified atom stereocenters. The molecule has 1 N–H and O–H groups in total. The van der Waals surface area contributed by atoms with E-state index in [1.165, 1.54) is 0 Å². The van der Waals surface area contributed by atoms with E-state index in [1.54, 1.807) is 0 Å². The molecule has 92 valence electrons. The monoisotopic (exact) mass is 232 g/mol. The second-order valence-electron chi connectivity index (χ2n) is 4.84. The number of carbonyl (C=O) groups excluding carboxylic acids is 1. The van der Waals surface area contributed by atoms with E-state index in [-0.39, 0.29) is 11.9 Å². The van der Waals surface area contributed by atoms with E-state index in [0.29, 0.717) is 6.04 Å². The van der Waals surface area contributed by atoms with Crippen molar-refractivity contribution in [1.29, 1.82) is 0 Å². The molecular weight excluding hydrogens is 212 g/mol. The molecule has 1 aliphatic heterocycles. The summed E-state index contributed by atoms with van der Waals surface area (Å²) in [6, 6.07) is 10.1. The Bertz CT molecular complexity index is 375. The highest BCUT2D eigenvalue weighted by Crippen LogP contribution is 2.21. The molecule has 0 aliphatic carbocycles. The molecule has 1 heterocycles. The van der Waals surface area contributed by atoms with Crippen LogP contribution in [0.25, 0.3) is 0 Å². The van der Waals surface area contributed by atoms with Crippen molar-refractivity contribution in [3.05, 3.63) is 30.3 Å². The summed E-state index contributed by atoms with van der Waals surface area (Å²) in [7, 11) is 0. The quantitative estimate of drug-likeness (QED) is 0.868. The van der Waals surface area contributed by atoms with E-state index < -0.39 is 0 Å². The Morgan fingerprint density at radius 3 is 2.71 bits per heavy atom. The first kappa shape index (κ1) is 12.1. The normalized spacial score (nSPS) is 20.8. The van der Waals surface area contributed by atoms with Crippen LogP contribution >= 0.6 is 0 Å². The van der Waals surface area contributed by atoms with Crippen molar-refractivity contribution in [1.82, 2.24) is 4.90 Å². The molecule has 1 saturated heterocycles. The van der Waals surface area contributed by atoms with Crippen LogP contribution in [0, 0.1) is 0 Å². The van der Waals surface area contributed by atoms with E-state index >= 15 is 0 Å². The number of nitrogens with zero attached hydrogens (tertiary/aromatic N) is 1. The van der Waals surface area contributed by atoms with Gasteiger partial charge in [-0.3, -0.25) is 9.69 Å². The Balaban J connectivity index is 2.00. The molecule has 1 aromatic carbocycles. The number of nitrogens with one attached hydrogen (secondary N) is 1. The van der Waals surface area contributed by atoms with Crippen LogP contribution in [0.3, 0.4) is 0 Å². The zero-order valence-corrected chi connectivity index (χ0v) is 10.5. The highest BCUT2D eigenvalue weighted by molar-refractivity contribution is 5.95. The number of hydrogen-bond acceptors (Lipinski definition) is 2. The van der Waals surface area contributed by atoms with Gasteiger partial charge in [0, 0.05) is 11.7 Å². The van der Waals surface area contributed by atoms with Gasteiger partial charge >= 0.3 is 0 Å². The van der Waals surface area contributed by atoms with Crippen LogP contribution in [0.1, 0.15) is 26.7 Å². The second kappa shape index (κ2) is 5.32. The molecule has 0 bridgehead atoms.